The molecule has 0 amide bonds. The summed E-state index contributed by atoms with van der Waals surface area (Å²) in [7, 11) is -0.0546. The maximum absolute atomic E-state index is 8.20. The minimum Gasteiger partial charge on any atom is -0.430 e. The summed E-state index contributed by atoms with van der Waals surface area (Å²) in [5, 5.41) is 0. The van der Waals surface area contributed by atoms with Gasteiger partial charge in [-0.3, -0.25) is 0 Å². The summed E-state index contributed by atoms with van der Waals surface area (Å²) in [6.07, 6.45) is 1.54. The first-order chi connectivity index (χ1) is 3.41. The van der Waals surface area contributed by atoms with Crippen LogP contribution in [0.4, 0.5) is 0 Å². The van der Waals surface area contributed by atoms with E-state index in [0.717, 1.165) is 13.0 Å². The smallest absolute Gasteiger partial charge is 0.253 e. The van der Waals surface area contributed by atoms with Gasteiger partial charge in [-0.05, 0) is 6.42 Å². The van der Waals surface area contributed by atoms with Crippen LogP contribution in [0.2, 0.25) is 0 Å². The quantitative estimate of drug-likeness (QED) is 0.415. The van der Waals surface area contributed by atoms with E-state index in [2.05, 4.69) is 0 Å². The van der Waals surface area contributed by atoms with Gasteiger partial charge in [0.05, 0.1) is 6.23 Å². The molecule has 0 aliphatic rings. The van der Waals surface area contributed by atoms with Crippen LogP contribution >= 0.6 is 0 Å². The van der Waals surface area contributed by atoms with E-state index in [1.807, 2.05) is 6.92 Å². The van der Waals surface area contributed by atoms with E-state index in [1.165, 1.54) is 0 Å². The molecule has 42 valence electrons. The SMILES string of the molecule is CCCOC[Si]O. The molecule has 0 atom stereocenters. The van der Waals surface area contributed by atoms with Gasteiger partial charge in [0.1, 0.15) is 0 Å². The van der Waals surface area contributed by atoms with Gasteiger partial charge in [-0.2, -0.15) is 0 Å². The minimum atomic E-state index is -0.0546. The van der Waals surface area contributed by atoms with Gasteiger partial charge in [0.25, 0.3) is 9.76 Å². The Kier molecular flexibility index (Phi) is 6.26. The zero-order valence-electron chi connectivity index (χ0n) is 4.48. The third kappa shape index (κ3) is 6.14. The lowest BCUT2D eigenvalue weighted by molar-refractivity contribution is 0.171. The summed E-state index contributed by atoms with van der Waals surface area (Å²) in [6, 6.07) is 0. The highest BCUT2D eigenvalue weighted by atomic mass is 28.2. The fourth-order valence-corrected chi connectivity index (χ4v) is 0.498. The van der Waals surface area contributed by atoms with E-state index in [-0.39, 0.29) is 9.76 Å². The van der Waals surface area contributed by atoms with Crippen LogP contribution in [0.5, 0.6) is 0 Å². The summed E-state index contributed by atoms with van der Waals surface area (Å²) in [5.41, 5.74) is 0. The Morgan fingerprint density at radius 3 is 2.86 bits per heavy atom. The van der Waals surface area contributed by atoms with E-state index < -0.39 is 0 Å². The molecule has 0 unspecified atom stereocenters. The van der Waals surface area contributed by atoms with E-state index >= 15 is 0 Å². The van der Waals surface area contributed by atoms with Gasteiger partial charge < -0.3 is 9.53 Å². The Hall–Kier alpha value is 0.137. The molecule has 0 bridgehead atoms. The topological polar surface area (TPSA) is 29.5 Å². The Balaban J connectivity index is 2.45. The maximum atomic E-state index is 8.20. The number of hydrogen-bond donors (Lipinski definition) is 1. The third-order valence-electron chi connectivity index (χ3n) is 0.515. The molecule has 0 aromatic rings. The Labute approximate surface area is 46.4 Å². The molecule has 0 aromatic heterocycles. The first-order valence-electron chi connectivity index (χ1n) is 2.36. The Morgan fingerprint density at radius 2 is 2.43 bits per heavy atom. The zero-order valence-corrected chi connectivity index (χ0v) is 5.48. The lowest BCUT2D eigenvalue weighted by Gasteiger charge is -1.93. The third-order valence-corrected chi connectivity index (χ3v) is 0.848. The van der Waals surface area contributed by atoms with Crippen molar-refractivity contribution in [2.75, 3.05) is 12.8 Å². The molecule has 7 heavy (non-hydrogen) atoms. The minimum absolute atomic E-state index is 0.0546. The molecule has 0 aliphatic carbocycles. The van der Waals surface area contributed by atoms with E-state index in [9.17, 15) is 0 Å². The van der Waals surface area contributed by atoms with Crippen molar-refractivity contribution in [3.05, 3.63) is 0 Å². The van der Waals surface area contributed by atoms with Gasteiger partial charge in [0, 0.05) is 6.61 Å². The normalized spacial score (nSPS) is 9.43. The highest BCUT2D eigenvalue weighted by Gasteiger charge is 1.81. The average Bonchev–Trinajstić information content (AvgIpc) is 1.69. The van der Waals surface area contributed by atoms with Crippen molar-refractivity contribution < 1.29 is 9.53 Å². The Morgan fingerprint density at radius 1 is 1.71 bits per heavy atom. The van der Waals surface area contributed by atoms with E-state index in [4.69, 9.17) is 9.53 Å². The fraction of sp³-hybridized carbons (Fsp3) is 1.00. The molecule has 2 radical (unpaired) electrons. The summed E-state index contributed by atoms with van der Waals surface area (Å²) in [4.78, 5) is 8.20. The summed E-state index contributed by atoms with van der Waals surface area (Å²) in [5.74, 6) is 0. The molecule has 0 heterocycles. The first kappa shape index (κ1) is 7.14. The van der Waals surface area contributed by atoms with Gasteiger partial charge in [-0.1, -0.05) is 6.92 Å². The highest BCUT2D eigenvalue weighted by molar-refractivity contribution is 6.24. The van der Waals surface area contributed by atoms with Crippen LogP contribution in [-0.2, 0) is 4.74 Å². The Bertz CT molecular complexity index is 28.9. The highest BCUT2D eigenvalue weighted by Crippen LogP contribution is 1.75. The molecule has 0 saturated heterocycles. The van der Waals surface area contributed by atoms with Crippen molar-refractivity contribution in [1.82, 2.24) is 0 Å². The summed E-state index contributed by atoms with van der Waals surface area (Å²) >= 11 is 0. The zero-order chi connectivity index (χ0) is 5.54. The fourth-order valence-electron chi connectivity index (χ4n) is 0.262. The first-order valence-corrected chi connectivity index (χ1v) is 3.52. The summed E-state index contributed by atoms with van der Waals surface area (Å²) in [6.45, 7) is 2.81. The van der Waals surface area contributed by atoms with Crippen molar-refractivity contribution in [1.29, 1.82) is 0 Å². The van der Waals surface area contributed by atoms with Crippen LogP contribution in [0.3, 0.4) is 0 Å². The van der Waals surface area contributed by atoms with Crippen molar-refractivity contribution in [3.8, 4) is 0 Å². The van der Waals surface area contributed by atoms with Crippen molar-refractivity contribution in [2.24, 2.45) is 0 Å². The predicted octanol–water partition coefficient (Wildman–Crippen LogP) is -0.0180. The molecule has 3 heteroatoms. The lowest BCUT2D eigenvalue weighted by atomic mass is 10.5. The van der Waals surface area contributed by atoms with Gasteiger partial charge in [-0.15, -0.1) is 0 Å². The van der Waals surface area contributed by atoms with Crippen LogP contribution in [0, 0.1) is 0 Å². The van der Waals surface area contributed by atoms with Crippen LogP contribution in [-0.4, -0.2) is 27.4 Å². The second kappa shape index (κ2) is 6.14. The van der Waals surface area contributed by atoms with Crippen LogP contribution in [0.25, 0.3) is 0 Å². The van der Waals surface area contributed by atoms with E-state index in [0.29, 0.717) is 6.23 Å². The molecule has 0 saturated carbocycles. The van der Waals surface area contributed by atoms with Gasteiger partial charge in [-0.25, -0.2) is 0 Å². The predicted molar refractivity (Wildman–Crippen MR) is 29.1 cm³/mol. The standard InChI is InChI=1S/C4H10O2Si/c1-2-3-6-4-7-5/h5H,2-4H2,1H3. The second-order valence-electron chi connectivity index (χ2n) is 1.21. The largest absolute Gasteiger partial charge is 0.430 e. The van der Waals surface area contributed by atoms with Gasteiger partial charge in [0.15, 0.2) is 0 Å². The van der Waals surface area contributed by atoms with Crippen LogP contribution < -0.4 is 0 Å². The molecule has 0 aliphatic heterocycles. The van der Waals surface area contributed by atoms with Crippen molar-refractivity contribution in [3.63, 3.8) is 0 Å². The number of hydrogen-bond acceptors (Lipinski definition) is 2. The van der Waals surface area contributed by atoms with Crippen molar-refractivity contribution in [2.45, 2.75) is 13.3 Å². The average molecular weight is 118 g/mol. The molecule has 0 rings (SSSR count). The second-order valence-corrected chi connectivity index (χ2v) is 1.82. The molecular weight excluding hydrogens is 108 g/mol. The van der Waals surface area contributed by atoms with Crippen LogP contribution in [0.15, 0.2) is 0 Å². The van der Waals surface area contributed by atoms with Gasteiger partial charge >= 0.3 is 0 Å². The molecule has 0 fully saturated rings. The maximum Gasteiger partial charge on any atom is 0.253 e. The summed E-state index contributed by atoms with van der Waals surface area (Å²) < 4.78 is 4.89. The van der Waals surface area contributed by atoms with E-state index in [1.54, 1.807) is 0 Å². The number of rotatable bonds is 4. The van der Waals surface area contributed by atoms with Crippen LogP contribution in [0.1, 0.15) is 13.3 Å². The molecule has 0 spiro atoms. The molecule has 0 aromatic carbocycles. The van der Waals surface area contributed by atoms with Crippen molar-refractivity contribution >= 4 is 9.76 Å². The number of ether oxygens (including phenoxy) is 1. The molecular formula is C4H10O2Si. The lowest BCUT2D eigenvalue weighted by Crippen LogP contribution is -2.02. The van der Waals surface area contributed by atoms with Gasteiger partial charge in [0.2, 0.25) is 0 Å². The molecule has 2 nitrogen and oxygen atoms in total. The molecule has 1 N–H and O–H groups in total. The monoisotopic (exact) mass is 118 g/mol.